The van der Waals surface area contributed by atoms with Gasteiger partial charge in [-0.3, -0.25) is 4.90 Å². The summed E-state index contributed by atoms with van der Waals surface area (Å²) in [6.07, 6.45) is -0.921. The summed E-state index contributed by atoms with van der Waals surface area (Å²) < 4.78 is 48.7. The van der Waals surface area contributed by atoms with Crippen LogP contribution in [-0.2, 0) is 20.1 Å². The Morgan fingerprint density at radius 3 is 2.55 bits per heavy atom. The van der Waals surface area contributed by atoms with Crippen LogP contribution in [0.3, 0.4) is 0 Å². The van der Waals surface area contributed by atoms with Crippen LogP contribution < -0.4 is 9.47 Å². The van der Waals surface area contributed by atoms with Crippen molar-refractivity contribution in [2.24, 2.45) is 7.05 Å². The number of imidazole rings is 1. The van der Waals surface area contributed by atoms with Gasteiger partial charge in [-0.15, -0.1) is 13.2 Å². The van der Waals surface area contributed by atoms with Gasteiger partial charge >= 0.3 is 6.36 Å². The van der Waals surface area contributed by atoms with Crippen LogP contribution in [0.1, 0.15) is 11.3 Å². The number of rotatable bonds is 4. The Bertz CT molecular complexity index is 984. The van der Waals surface area contributed by atoms with Crippen molar-refractivity contribution in [3.05, 3.63) is 66.2 Å². The largest absolute Gasteiger partial charge is 0.573 e. The molecule has 4 rings (SSSR count). The predicted octanol–water partition coefficient (Wildman–Crippen LogP) is 4.38. The van der Waals surface area contributed by atoms with Crippen molar-refractivity contribution < 1.29 is 22.6 Å². The fraction of sp³-hybridized carbons (Fsp3) is 0.286. The lowest BCUT2D eigenvalue weighted by Gasteiger charge is -2.18. The monoisotopic (exact) mass is 403 g/mol. The molecule has 1 aromatic heterocycles. The zero-order valence-electron chi connectivity index (χ0n) is 15.8. The molecule has 0 fully saturated rings. The standard InChI is InChI=1S/C21H20F3N3O2/c1-26-12-18(25-14-26)13-27-8-9-28-20-7-4-16(10-17(20)11-27)15-2-5-19(6-3-15)29-21(22,23)24/h2-7,10,12,14H,8-9,11,13H2,1H3. The van der Waals surface area contributed by atoms with Gasteiger partial charge in [-0.05, 0) is 35.4 Å². The van der Waals surface area contributed by atoms with Gasteiger partial charge in [0.1, 0.15) is 18.1 Å². The molecule has 0 spiro atoms. The van der Waals surface area contributed by atoms with Crippen molar-refractivity contribution in [2.45, 2.75) is 19.5 Å². The van der Waals surface area contributed by atoms with Crippen LogP contribution in [0.5, 0.6) is 11.5 Å². The third-order valence-electron chi connectivity index (χ3n) is 4.68. The molecule has 1 aliphatic heterocycles. The molecule has 2 heterocycles. The first-order valence-electron chi connectivity index (χ1n) is 9.17. The smallest absolute Gasteiger partial charge is 0.492 e. The maximum Gasteiger partial charge on any atom is 0.573 e. The van der Waals surface area contributed by atoms with E-state index in [0.717, 1.165) is 41.2 Å². The lowest BCUT2D eigenvalue weighted by molar-refractivity contribution is -0.274. The van der Waals surface area contributed by atoms with Gasteiger partial charge < -0.3 is 14.0 Å². The van der Waals surface area contributed by atoms with Gasteiger partial charge in [-0.1, -0.05) is 18.2 Å². The Morgan fingerprint density at radius 1 is 1.10 bits per heavy atom. The molecule has 29 heavy (non-hydrogen) atoms. The van der Waals surface area contributed by atoms with Crippen LogP contribution >= 0.6 is 0 Å². The Hall–Kier alpha value is -3.00. The molecule has 8 heteroatoms. The van der Waals surface area contributed by atoms with E-state index in [1.807, 2.05) is 36.0 Å². The molecule has 0 N–H and O–H groups in total. The summed E-state index contributed by atoms with van der Waals surface area (Å²) in [5, 5.41) is 0. The summed E-state index contributed by atoms with van der Waals surface area (Å²) in [4.78, 5) is 6.65. The summed E-state index contributed by atoms with van der Waals surface area (Å²) in [7, 11) is 1.94. The Morgan fingerprint density at radius 2 is 1.86 bits per heavy atom. The maximum absolute atomic E-state index is 12.3. The van der Waals surface area contributed by atoms with Crippen LogP contribution in [-0.4, -0.2) is 34.0 Å². The van der Waals surface area contributed by atoms with E-state index in [9.17, 15) is 13.2 Å². The van der Waals surface area contributed by atoms with Crippen molar-refractivity contribution in [1.29, 1.82) is 0 Å². The van der Waals surface area contributed by atoms with Crippen LogP contribution in [0.4, 0.5) is 13.2 Å². The van der Waals surface area contributed by atoms with Gasteiger partial charge in [-0.25, -0.2) is 4.98 Å². The highest BCUT2D eigenvalue weighted by molar-refractivity contribution is 5.66. The van der Waals surface area contributed by atoms with Gasteiger partial charge in [0, 0.05) is 38.4 Å². The lowest BCUT2D eigenvalue weighted by Crippen LogP contribution is -2.25. The number of benzene rings is 2. The van der Waals surface area contributed by atoms with Crippen molar-refractivity contribution >= 4 is 0 Å². The van der Waals surface area contributed by atoms with Gasteiger partial charge in [0.15, 0.2) is 0 Å². The molecule has 1 aliphatic rings. The highest BCUT2D eigenvalue weighted by Crippen LogP contribution is 2.31. The normalized spacial score (nSPS) is 14.8. The van der Waals surface area contributed by atoms with Crippen molar-refractivity contribution in [3.8, 4) is 22.6 Å². The minimum Gasteiger partial charge on any atom is -0.492 e. The summed E-state index contributed by atoms with van der Waals surface area (Å²) >= 11 is 0. The molecule has 0 radical (unpaired) electrons. The number of ether oxygens (including phenoxy) is 2. The number of aryl methyl sites for hydroxylation is 1. The highest BCUT2D eigenvalue weighted by atomic mass is 19.4. The highest BCUT2D eigenvalue weighted by Gasteiger charge is 2.31. The first kappa shape index (κ1) is 19.3. The summed E-state index contributed by atoms with van der Waals surface area (Å²) in [6, 6.07) is 11.7. The van der Waals surface area contributed by atoms with Crippen molar-refractivity contribution in [1.82, 2.24) is 14.5 Å². The second kappa shape index (κ2) is 7.79. The predicted molar refractivity (Wildman–Crippen MR) is 101 cm³/mol. The molecule has 0 amide bonds. The van der Waals surface area contributed by atoms with Crippen molar-refractivity contribution in [2.75, 3.05) is 13.2 Å². The minimum absolute atomic E-state index is 0.235. The lowest BCUT2D eigenvalue weighted by atomic mass is 10.0. The zero-order valence-corrected chi connectivity index (χ0v) is 15.8. The summed E-state index contributed by atoms with van der Waals surface area (Å²) in [6.45, 7) is 2.79. The topological polar surface area (TPSA) is 39.5 Å². The average molecular weight is 403 g/mol. The van der Waals surface area contributed by atoms with Gasteiger partial charge in [0.05, 0.1) is 12.0 Å². The number of halogens is 3. The molecule has 0 aliphatic carbocycles. The average Bonchev–Trinajstić information content (AvgIpc) is 2.95. The van der Waals surface area contributed by atoms with Crippen LogP contribution in [0.2, 0.25) is 0 Å². The molecule has 3 aromatic rings. The molecular formula is C21H20F3N3O2. The second-order valence-corrected chi connectivity index (χ2v) is 6.98. The minimum atomic E-state index is -4.69. The molecule has 5 nitrogen and oxygen atoms in total. The zero-order chi connectivity index (χ0) is 20.4. The number of alkyl halides is 3. The van der Waals surface area contributed by atoms with Crippen molar-refractivity contribution in [3.63, 3.8) is 0 Å². The molecule has 0 bridgehead atoms. The molecule has 0 saturated heterocycles. The van der Waals surface area contributed by atoms with E-state index in [2.05, 4.69) is 14.6 Å². The van der Waals surface area contributed by atoms with Gasteiger partial charge in [-0.2, -0.15) is 0 Å². The molecule has 0 atom stereocenters. The SMILES string of the molecule is Cn1cnc(CN2CCOc3ccc(-c4ccc(OC(F)(F)F)cc4)cc3C2)c1. The van der Waals surface area contributed by atoms with E-state index in [4.69, 9.17) is 4.74 Å². The Balaban J connectivity index is 1.53. The number of aromatic nitrogens is 2. The second-order valence-electron chi connectivity index (χ2n) is 6.98. The fourth-order valence-electron chi connectivity index (χ4n) is 3.39. The van der Waals surface area contributed by atoms with E-state index in [1.54, 1.807) is 18.5 Å². The first-order chi connectivity index (χ1) is 13.9. The van der Waals surface area contributed by atoms with Crippen LogP contribution in [0.15, 0.2) is 55.0 Å². The van der Waals surface area contributed by atoms with Gasteiger partial charge in [0.2, 0.25) is 0 Å². The third-order valence-corrected chi connectivity index (χ3v) is 4.68. The number of hydrogen-bond acceptors (Lipinski definition) is 4. The molecule has 0 saturated carbocycles. The van der Waals surface area contributed by atoms with E-state index in [1.165, 1.54) is 12.1 Å². The molecular weight excluding hydrogens is 383 g/mol. The quantitative estimate of drug-likeness (QED) is 0.648. The fourth-order valence-corrected chi connectivity index (χ4v) is 3.39. The molecule has 2 aromatic carbocycles. The summed E-state index contributed by atoms with van der Waals surface area (Å²) in [5.74, 6) is 0.593. The van der Waals surface area contributed by atoms with E-state index < -0.39 is 6.36 Å². The molecule has 0 unspecified atom stereocenters. The number of hydrogen-bond donors (Lipinski definition) is 0. The maximum atomic E-state index is 12.3. The number of fused-ring (bicyclic) bond motifs is 1. The van der Waals surface area contributed by atoms with E-state index >= 15 is 0 Å². The van der Waals surface area contributed by atoms with Crippen LogP contribution in [0, 0.1) is 0 Å². The first-order valence-corrected chi connectivity index (χ1v) is 9.17. The van der Waals surface area contributed by atoms with E-state index in [0.29, 0.717) is 13.2 Å². The molecule has 152 valence electrons. The Kier molecular flexibility index (Phi) is 5.19. The van der Waals surface area contributed by atoms with Crippen LogP contribution in [0.25, 0.3) is 11.1 Å². The number of nitrogens with zero attached hydrogens (tertiary/aromatic N) is 3. The third kappa shape index (κ3) is 4.89. The van der Waals surface area contributed by atoms with Gasteiger partial charge in [0.25, 0.3) is 0 Å². The Labute approximate surface area is 166 Å². The van der Waals surface area contributed by atoms with E-state index in [-0.39, 0.29) is 5.75 Å². The summed E-state index contributed by atoms with van der Waals surface area (Å²) in [5.41, 5.74) is 3.74.